The topological polar surface area (TPSA) is 21.5 Å². The van der Waals surface area contributed by atoms with Crippen molar-refractivity contribution in [2.45, 2.75) is 0 Å². The van der Waals surface area contributed by atoms with Gasteiger partial charge in [-0.05, 0) is 28.1 Å². The van der Waals surface area contributed by atoms with Crippen molar-refractivity contribution in [1.29, 1.82) is 0 Å². The quantitative estimate of drug-likeness (QED) is 0.179. The van der Waals surface area contributed by atoms with Gasteiger partial charge < -0.3 is 0 Å². The number of aromatic nitrogens is 1. The Labute approximate surface area is 218 Å². The minimum Gasteiger partial charge on any atom is -0.274 e. The van der Waals surface area contributed by atoms with E-state index in [1.165, 1.54) is 6.07 Å². The predicted molar refractivity (Wildman–Crippen MR) is 155 cm³/mol. The molecule has 0 unspecified atom stereocenters. The first-order valence-corrected chi connectivity index (χ1v) is 12.6. The first-order chi connectivity index (χ1) is 18.7. The second-order valence-electron chi connectivity index (χ2n) is 9.39. The van der Waals surface area contributed by atoms with E-state index in [1.807, 2.05) is 97.1 Å². The van der Waals surface area contributed by atoms with E-state index in [0.29, 0.717) is 5.39 Å². The van der Waals surface area contributed by atoms with Crippen LogP contribution in [0.4, 0.5) is 4.39 Å². The number of hydrogen-bond acceptors (Lipinski definition) is 1. The minimum atomic E-state index is -0.521. The molecule has 0 aliphatic rings. The molecule has 2 aromatic heterocycles. The third-order valence-corrected chi connectivity index (χ3v) is 7.24. The number of rotatable bonds is 3. The number of hydrogen-bond donors (Lipinski definition) is 0. The standard InChI is InChI=1S/C35H22FNO/c36-29-22-12-21-28-31(24-15-6-2-7-16-24)34-27-20-11-10-19-26(27)30(23-13-4-1-5-14-23)33(25-17-8-3-9-18-25)37(34)35(38)32(28)29/h1-22H. The van der Waals surface area contributed by atoms with Crippen LogP contribution in [0.3, 0.4) is 0 Å². The van der Waals surface area contributed by atoms with Crippen molar-refractivity contribution in [3.05, 3.63) is 150 Å². The van der Waals surface area contributed by atoms with Crippen LogP contribution in [-0.4, -0.2) is 4.40 Å². The van der Waals surface area contributed by atoms with E-state index in [4.69, 9.17) is 0 Å². The third-order valence-electron chi connectivity index (χ3n) is 7.24. The highest BCUT2D eigenvalue weighted by molar-refractivity contribution is 6.17. The van der Waals surface area contributed by atoms with Crippen molar-refractivity contribution in [3.8, 4) is 33.5 Å². The fraction of sp³-hybridized carbons (Fsp3) is 0. The number of benzene rings is 5. The molecule has 0 aliphatic heterocycles. The molecule has 5 aromatic carbocycles. The summed E-state index contributed by atoms with van der Waals surface area (Å²) in [4.78, 5) is 14.4. The van der Waals surface area contributed by atoms with E-state index in [1.54, 1.807) is 10.5 Å². The van der Waals surface area contributed by atoms with Crippen LogP contribution in [-0.2, 0) is 0 Å². The van der Waals surface area contributed by atoms with Crippen molar-refractivity contribution in [2.24, 2.45) is 0 Å². The molecule has 7 aromatic rings. The average molecular weight is 492 g/mol. The monoisotopic (exact) mass is 491 g/mol. The maximum Gasteiger partial charge on any atom is 0.266 e. The number of pyridine rings is 2. The van der Waals surface area contributed by atoms with Gasteiger partial charge in [-0.1, -0.05) is 127 Å². The Bertz CT molecular complexity index is 2030. The molecule has 0 fully saturated rings. The zero-order valence-electron chi connectivity index (χ0n) is 20.4. The molecular formula is C35H22FNO. The second-order valence-corrected chi connectivity index (χ2v) is 9.39. The molecule has 3 heteroatoms. The van der Waals surface area contributed by atoms with Gasteiger partial charge in [0.2, 0.25) is 0 Å². The van der Waals surface area contributed by atoms with Gasteiger partial charge >= 0.3 is 0 Å². The Balaban J connectivity index is 1.87. The zero-order chi connectivity index (χ0) is 25.6. The summed E-state index contributed by atoms with van der Waals surface area (Å²) in [6, 6.07) is 43.1. The Kier molecular flexibility index (Phi) is 5.15. The third kappa shape index (κ3) is 3.29. The molecule has 0 radical (unpaired) electrons. The first kappa shape index (κ1) is 22.2. The van der Waals surface area contributed by atoms with Gasteiger partial charge in [-0.2, -0.15) is 0 Å². The molecule has 0 N–H and O–H groups in total. The summed E-state index contributed by atoms with van der Waals surface area (Å²) in [6.07, 6.45) is 0. The molecule has 2 nitrogen and oxygen atoms in total. The van der Waals surface area contributed by atoms with E-state index in [2.05, 4.69) is 24.3 Å². The molecule has 180 valence electrons. The van der Waals surface area contributed by atoms with Crippen LogP contribution in [0.15, 0.2) is 138 Å². The molecule has 0 atom stereocenters. The summed E-state index contributed by atoms with van der Waals surface area (Å²) >= 11 is 0. The summed E-state index contributed by atoms with van der Waals surface area (Å²) in [5, 5.41) is 2.67. The molecule has 0 aliphatic carbocycles. The van der Waals surface area contributed by atoms with Gasteiger partial charge in [0, 0.05) is 21.9 Å². The Morgan fingerprint density at radius 2 is 0.974 bits per heavy atom. The van der Waals surface area contributed by atoms with Gasteiger partial charge in [-0.25, -0.2) is 4.39 Å². The highest BCUT2D eigenvalue weighted by Gasteiger charge is 2.24. The van der Waals surface area contributed by atoms with Crippen LogP contribution in [0, 0.1) is 5.82 Å². The molecule has 0 spiro atoms. The molecule has 7 rings (SSSR count). The fourth-order valence-electron chi connectivity index (χ4n) is 5.68. The first-order valence-electron chi connectivity index (χ1n) is 12.6. The number of fused-ring (bicyclic) bond motifs is 4. The summed E-state index contributed by atoms with van der Waals surface area (Å²) in [5.74, 6) is -0.521. The molecule has 0 saturated heterocycles. The number of nitrogens with zero attached hydrogens (tertiary/aromatic N) is 1. The average Bonchev–Trinajstić information content (AvgIpc) is 2.98. The van der Waals surface area contributed by atoms with Crippen LogP contribution in [0.25, 0.3) is 60.6 Å². The van der Waals surface area contributed by atoms with Gasteiger partial charge in [-0.15, -0.1) is 0 Å². The van der Waals surface area contributed by atoms with Crippen molar-refractivity contribution in [3.63, 3.8) is 0 Å². The summed E-state index contributed by atoms with van der Waals surface area (Å²) in [5.41, 5.74) is 5.74. The highest BCUT2D eigenvalue weighted by Crippen LogP contribution is 2.43. The van der Waals surface area contributed by atoms with E-state index >= 15 is 4.39 Å². The van der Waals surface area contributed by atoms with Crippen molar-refractivity contribution in [2.75, 3.05) is 0 Å². The van der Waals surface area contributed by atoms with Crippen molar-refractivity contribution < 1.29 is 4.39 Å². The van der Waals surface area contributed by atoms with E-state index in [0.717, 1.165) is 49.8 Å². The summed E-state index contributed by atoms with van der Waals surface area (Å²) < 4.78 is 17.3. The van der Waals surface area contributed by atoms with Gasteiger partial charge in [0.25, 0.3) is 5.56 Å². The fourth-order valence-corrected chi connectivity index (χ4v) is 5.68. The second kappa shape index (κ2) is 8.82. The Morgan fingerprint density at radius 1 is 0.474 bits per heavy atom. The molecule has 0 amide bonds. The molecule has 38 heavy (non-hydrogen) atoms. The smallest absolute Gasteiger partial charge is 0.266 e. The molecule has 0 bridgehead atoms. The maximum absolute atomic E-state index is 15.5. The van der Waals surface area contributed by atoms with Gasteiger partial charge in [0.05, 0.1) is 16.6 Å². The Morgan fingerprint density at radius 3 is 1.61 bits per heavy atom. The lowest BCUT2D eigenvalue weighted by Gasteiger charge is -2.22. The highest BCUT2D eigenvalue weighted by atomic mass is 19.1. The molecule has 2 heterocycles. The molecule has 0 saturated carbocycles. The maximum atomic E-state index is 15.5. The lowest BCUT2D eigenvalue weighted by molar-refractivity contribution is 0.638. The van der Waals surface area contributed by atoms with Gasteiger partial charge in [0.15, 0.2) is 0 Å². The minimum absolute atomic E-state index is 0.0929. The zero-order valence-corrected chi connectivity index (χ0v) is 20.4. The van der Waals surface area contributed by atoms with Crippen LogP contribution in [0.5, 0.6) is 0 Å². The van der Waals surface area contributed by atoms with E-state index in [9.17, 15) is 4.79 Å². The molecular weight excluding hydrogens is 469 g/mol. The Hall–Kier alpha value is -5.02. The predicted octanol–water partition coefficient (Wildman–Crippen LogP) is 8.75. The van der Waals surface area contributed by atoms with E-state index < -0.39 is 5.82 Å². The van der Waals surface area contributed by atoms with E-state index in [-0.39, 0.29) is 10.9 Å². The summed E-state index contributed by atoms with van der Waals surface area (Å²) in [6.45, 7) is 0. The van der Waals surface area contributed by atoms with Crippen molar-refractivity contribution in [1.82, 2.24) is 4.40 Å². The number of halogens is 1. The van der Waals surface area contributed by atoms with Crippen LogP contribution in [0.2, 0.25) is 0 Å². The van der Waals surface area contributed by atoms with Gasteiger partial charge in [-0.3, -0.25) is 9.20 Å². The largest absolute Gasteiger partial charge is 0.274 e. The normalized spacial score (nSPS) is 11.4. The SMILES string of the molecule is O=c1c2c(F)cccc2c(-c2ccccc2)c2c3ccccc3c(-c3ccccc3)c(-c3ccccc3)n12. The van der Waals surface area contributed by atoms with Crippen LogP contribution >= 0.6 is 0 Å². The van der Waals surface area contributed by atoms with Crippen LogP contribution < -0.4 is 5.56 Å². The van der Waals surface area contributed by atoms with Crippen LogP contribution in [0.1, 0.15) is 0 Å². The van der Waals surface area contributed by atoms with Gasteiger partial charge in [0.1, 0.15) is 5.82 Å². The lowest BCUT2D eigenvalue weighted by atomic mass is 9.89. The summed E-state index contributed by atoms with van der Waals surface area (Å²) in [7, 11) is 0. The lowest BCUT2D eigenvalue weighted by Crippen LogP contribution is -2.19. The van der Waals surface area contributed by atoms with Crippen molar-refractivity contribution >= 4 is 27.1 Å².